The van der Waals surface area contributed by atoms with E-state index in [2.05, 4.69) is 17.6 Å². The molecule has 0 spiro atoms. The molecule has 0 heterocycles. The molecule has 1 aromatic rings. The van der Waals surface area contributed by atoms with Gasteiger partial charge in [-0.05, 0) is 39.7 Å². The standard InChI is InChI=1S/C20H32N2O3/c1-6-7-8-13-21-18(23)17(22-19(24)25-20(3,4)5)14-16-11-9-15(2)10-12-16/h9-12,17H,6-8,13-14H2,1-5H3,(H,21,23)(H,22,24). The van der Waals surface area contributed by atoms with Crippen molar-refractivity contribution in [2.24, 2.45) is 0 Å². The number of hydrogen-bond acceptors (Lipinski definition) is 3. The van der Waals surface area contributed by atoms with Gasteiger partial charge < -0.3 is 15.4 Å². The zero-order valence-corrected chi connectivity index (χ0v) is 16.1. The van der Waals surface area contributed by atoms with E-state index in [0.29, 0.717) is 13.0 Å². The number of hydrogen-bond donors (Lipinski definition) is 2. The van der Waals surface area contributed by atoms with E-state index in [-0.39, 0.29) is 5.91 Å². The van der Waals surface area contributed by atoms with E-state index in [1.807, 2.05) is 31.2 Å². The second-order valence-corrected chi connectivity index (χ2v) is 7.39. The fraction of sp³-hybridized carbons (Fsp3) is 0.600. The van der Waals surface area contributed by atoms with Gasteiger partial charge >= 0.3 is 6.09 Å². The first-order valence-corrected chi connectivity index (χ1v) is 9.04. The minimum absolute atomic E-state index is 0.178. The van der Waals surface area contributed by atoms with Crippen LogP contribution in [0.1, 0.15) is 58.1 Å². The highest BCUT2D eigenvalue weighted by molar-refractivity contribution is 5.86. The average molecular weight is 348 g/mol. The number of unbranched alkanes of at least 4 members (excludes halogenated alkanes) is 2. The fourth-order valence-electron chi connectivity index (χ4n) is 2.33. The van der Waals surface area contributed by atoms with Crippen LogP contribution in [0.25, 0.3) is 0 Å². The molecule has 0 aliphatic rings. The van der Waals surface area contributed by atoms with Crippen LogP contribution < -0.4 is 10.6 Å². The van der Waals surface area contributed by atoms with Crippen LogP contribution in [0.2, 0.25) is 0 Å². The van der Waals surface area contributed by atoms with E-state index in [1.165, 1.54) is 0 Å². The summed E-state index contributed by atoms with van der Waals surface area (Å²) < 4.78 is 5.29. The molecule has 0 aliphatic carbocycles. The lowest BCUT2D eigenvalue weighted by Gasteiger charge is -2.23. The SMILES string of the molecule is CCCCCNC(=O)C(Cc1ccc(C)cc1)NC(=O)OC(C)(C)C. The summed E-state index contributed by atoms with van der Waals surface area (Å²) in [6.07, 6.45) is 2.96. The molecule has 1 aromatic carbocycles. The van der Waals surface area contributed by atoms with Crippen molar-refractivity contribution in [3.63, 3.8) is 0 Å². The Balaban J connectivity index is 2.72. The van der Waals surface area contributed by atoms with Gasteiger partial charge in [-0.15, -0.1) is 0 Å². The lowest BCUT2D eigenvalue weighted by molar-refractivity contribution is -0.123. The number of aryl methyl sites for hydroxylation is 1. The highest BCUT2D eigenvalue weighted by Gasteiger charge is 2.24. The monoisotopic (exact) mass is 348 g/mol. The predicted molar refractivity (Wildman–Crippen MR) is 101 cm³/mol. The topological polar surface area (TPSA) is 67.4 Å². The summed E-state index contributed by atoms with van der Waals surface area (Å²) >= 11 is 0. The number of carbonyl (C=O) groups is 2. The molecule has 1 rings (SSSR count). The van der Waals surface area contributed by atoms with Crippen LogP contribution in [0.3, 0.4) is 0 Å². The van der Waals surface area contributed by atoms with Gasteiger partial charge in [0.1, 0.15) is 11.6 Å². The second-order valence-electron chi connectivity index (χ2n) is 7.39. The summed E-state index contributed by atoms with van der Waals surface area (Å²) in [5, 5.41) is 5.61. The minimum Gasteiger partial charge on any atom is -0.444 e. The summed E-state index contributed by atoms with van der Waals surface area (Å²) in [5.74, 6) is -0.178. The first kappa shape index (κ1) is 21.0. The predicted octanol–water partition coefficient (Wildman–Crippen LogP) is 3.74. The molecule has 1 unspecified atom stereocenters. The summed E-state index contributed by atoms with van der Waals surface area (Å²) in [5.41, 5.74) is 1.55. The zero-order valence-electron chi connectivity index (χ0n) is 16.1. The minimum atomic E-state index is -0.654. The maximum Gasteiger partial charge on any atom is 0.408 e. The van der Waals surface area contributed by atoms with Gasteiger partial charge in [0, 0.05) is 13.0 Å². The molecule has 0 saturated carbocycles. The van der Waals surface area contributed by atoms with Crippen molar-refractivity contribution in [1.82, 2.24) is 10.6 Å². The van der Waals surface area contributed by atoms with Gasteiger partial charge in [-0.1, -0.05) is 49.6 Å². The molecule has 0 radical (unpaired) electrons. The Morgan fingerprint density at radius 2 is 1.76 bits per heavy atom. The van der Waals surface area contributed by atoms with Crippen molar-refractivity contribution in [1.29, 1.82) is 0 Å². The zero-order chi connectivity index (χ0) is 18.9. The summed E-state index contributed by atoms with van der Waals surface area (Å²) in [6.45, 7) is 10.1. The van der Waals surface area contributed by atoms with Crippen molar-refractivity contribution in [3.05, 3.63) is 35.4 Å². The van der Waals surface area contributed by atoms with Gasteiger partial charge in [-0.2, -0.15) is 0 Å². The largest absolute Gasteiger partial charge is 0.444 e. The molecule has 2 amide bonds. The quantitative estimate of drug-likeness (QED) is 0.703. The molecule has 5 heteroatoms. The number of rotatable bonds is 8. The van der Waals surface area contributed by atoms with Crippen molar-refractivity contribution in [2.75, 3.05) is 6.54 Å². The van der Waals surface area contributed by atoms with E-state index in [4.69, 9.17) is 4.74 Å². The Hall–Kier alpha value is -2.04. The third-order valence-corrected chi connectivity index (χ3v) is 3.65. The Bertz CT molecular complexity index is 547. The van der Waals surface area contributed by atoms with Crippen LogP contribution in [0, 0.1) is 6.92 Å². The van der Waals surface area contributed by atoms with E-state index in [9.17, 15) is 9.59 Å². The Labute approximate surface area is 151 Å². The molecule has 0 aromatic heterocycles. The van der Waals surface area contributed by atoms with E-state index in [1.54, 1.807) is 20.8 Å². The lowest BCUT2D eigenvalue weighted by Crippen LogP contribution is -2.49. The third kappa shape index (κ3) is 9.13. The molecular formula is C20H32N2O3. The highest BCUT2D eigenvalue weighted by atomic mass is 16.6. The molecule has 2 N–H and O–H groups in total. The first-order valence-electron chi connectivity index (χ1n) is 9.04. The van der Waals surface area contributed by atoms with Gasteiger partial charge in [0.25, 0.3) is 0 Å². The molecule has 0 bridgehead atoms. The van der Waals surface area contributed by atoms with Gasteiger partial charge in [0.2, 0.25) is 5.91 Å². The van der Waals surface area contributed by atoms with Gasteiger partial charge in [0.15, 0.2) is 0 Å². The van der Waals surface area contributed by atoms with Crippen LogP contribution in [-0.2, 0) is 16.0 Å². The molecular weight excluding hydrogens is 316 g/mol. The molecule has 5 nitrogen and oxygen atoms in total. The third-order valence-electron chi connectivity index (χ3n) is 3.65. The van der Waals surface area contributed by atoms with Crippen LogP contribution in [0.15, 0.2) is 24.3 Å². The molecule has 0 aliphatic heterocycles. The molecule has 1 atom stereocenters. The number of carbonyl (C=O) groups excluding carboxylic acids is 2. The van der Waals surface area contributed by atoms with Crippen LogP contribution >= 0.6 is 0 Å². The van der Waals surface area contributed by atoms with E-state index in [0.717, 1.165) is 30.4 Å². The molecule has 0 saturated heterocycles. The van der Waals surface area contributed by atoms with E-state index >= 15 is 0 Å². The average Bonchev–Trinajstić information content (AvgIpc) is 2.51. The number of amides is 2. The van der Waals surface area contributed by atoms with Crippen LogP contribution in [0.4, 0.5) is 4.79 Å². The van der Waals surface area contributed by atoms with Crippen molar-refractivity contribution >= 4 is 12.0 Å². The summed E-state index contributed by atoms with van der Waals surface area (Å²) in [4.78, 5) is 24.6. The second kappa shape index (κ2) is 10.1. The maximum absolute atomic E-state index is 12.5. The van der Waals surface area contributed by atoms with Crippen molar-refractivity contribution in [3.8, 4) is 0 Å². The van der Waals surface area contributed by atoms with Gasteiger partial charge in [0.05, 0.1) is 0 Å². The molecule has 140 valence electrons. The van der Waals surface area contributed by atoms with Crippen LogP contribution in [0.5, 0.6) is 0 Å². The number of alkyl carbamates (subject to hydrolysis) is 1. The first-order chi connectivity index (χ1) is 11.7. The lowest BCUT2D eigenvalue weighted by atomic mass is 10.0. The van der Waals surface area contributed by atoms with Crippen LogP contribution in [-0.4, -0.2) is 30.2 Å². The Kier molecular flexibility index (Phi) is 8.46. The van der Waals surface area contributed by atoms with Gasteiger partial charge in [-0.25, -0.2) is 4.79 Å². The van der Waals surface area contributed by atoms with Crippen molar-refractivity contribution in [2.45, 2.75) is 71.9 Å². The maximum atomic E-state index is 12.5. The molecule has 25 heavy (non-hydrogen) atoms. The number of ether oxygens (including phenoxy) is 1. The van der Waals surface area contributed by atoms with E-state index < -0.39 is 17.7 Å². The Morgan fingerprint density at radius 3 is 2.32 bits per heavy atom. The highest BCUT2D eigenvalue weighted by Crippen LogP contribution is 2.10. The number of benzene rings is 1. The smallest absolute Gasteiger partial charge is 0.408 e. The fourth-order valence-corrected chi connectivity index (χ4v) is 2.33. The number of nitrogens with one attached hydrogen (secondary N) is 2. The normalized spacial score (nSPS) is 12.4. The molecule has 0 fully saturated rings. The summed E-state index contributed by atoms with van der Waals surface area (Å²) in [6, 6.07) is 7.30. The summed E-state index contributed by atoms with van der Waals surface area (Å²) in [7, 11) is 0. The van der Waals surface area contributed by atoms with Crippen molar-refractivity contribution < 1.29 is 14.3 Å². The Morgan fingerprint density at radius 1 is 1.12 bits per heavy atom. The van der Waals surface area contributed by atoms with Gasteiger partial charge in [-0.3, -0.25) is 4.79 Å².